The summed E-state index contributed by atoms with van der Waals surface area (Å²) >= 11 is 0. The fourth-order valence-corrected chi connectivity index (χ4v) is 2.84. The first-order valence-corrected chi connectivity index (χ1v) is 6.48. The molecule has 0 bridgehead atoms. The first-order chi connectivity index (χ1) is 8.01. The second-order valence-corrected chi connectivity index (χ2v) is 5.83. The van der Waals surface area contributed by atoms with Crippen LogP contribution in [0.5, 0.6) is 0 Å². The van der Waals surface area contributed by atoms with E-state index in [4.69, 9.17) is 0 Å². The number of aliphatic hydroxyl groups is 1. The van der Waals surface area contributed by atoms with E-state index < -0.39 is 0 Å². The molecule has 0 aliphatic heterocycles. The van der Waals surface area contributed by atoms with Gasteiger partial charge in [0.25, 0.3) is 0 Å². The van der Waals surface area contributed by atoms with Crippen molar-refractivity contribution in [2.75, 3.05) is 6.54 Å². The molecule has 0 heterocycles. The predicted molar refractivity (Wildman–Crippen MR) is 71.1 cm³/mol. The lowest BCUT2D eigenvalue weighted by molar-refractivity contribution is 0.0579. The molecule has 1 aliphatic carbocycles. The maximum atomic E-state index is 9.31. The molecule has 0 unspecified atom stereocenters. The lowest BCUT2D eigenvalue weighted by Gasteiger charge is -2.53. The van der Waals surface area contributed by atoms with Crippen molar-refractivity contribution >= 4 is 0 Å². The van der Waals surface area contributed by atoms with E-state index in [9.17, 15) is 5.11 Å². The van der Waals surface area contributed by atoms with Gasteiger partial charge in [-0.2, -0.15) is 0 Å². The van der Waals surface area contributed by atoms with E-state index in [1.165, 1.54) is 12.0 Å². The smallest absolute Gasteiger partial charge is 0.0636 e. The number of benzene rings is 1. The summed E-state index contributed by atoms with van der Waals surface area (Å²) in [7, 11) is 0. The zero-order valence-corrected chi connectivity index (χ0v) is 11.0. The van der Waals surface area contributed by atoms with Crippen LogP contribution in [0.2, 0.25) is 0 Å². The van der Waals surface area contributed by atoms with Gasteiger partial charge in [0.1, 0.15) is 0 Å². The Morgan fingerprint density at radius 2 is 2.00 bits per heavy atom. The zero-order valence-electron chi connectivity index (χ0n) is 11.0. The second-order valence-electron chi connectivity index (χ2n) is 5.83. The van der Waals surface area contributed by atoms with E-state index in [0.717, 1.165) is 0 Å². The van der Waals surface area contributed by atoms with Gasteiger partial charge in [-0.25, -0.2) is 0 Å². The molecule has 0 radical (unpaired) electrons. The normalized spacial score (nSPS) is 28.5. The van der Waals surface area contributed by atoms with Gasteiger partial charge in [-0.1, -0.05) is 44.2 Å². The summed E-state index contributed by atoms with van der Waals surface area (Å²) in [6, 6.07) is 11.2. The summed E-state index contributed by atoms with van der Waals surface area (Å²) in [5, 5.41) is 12.8. The Balaban J connectivity index is 1.98. The molecule has 94 valence electrons. The Labute approximate surface area is 104 Å². The van der Waals surface area contributed by atoms with Crippen molar-refractivity contribution in [1.29, 1.82) is 0 Å². The van der Waals surface area contributed by atoms with Crippen LogP contribution in [-0.2, 0) is 0 Å². The van der Waals surface area contributed by atoms with E-state index in [1.54, 1.807) is 0 Å². The molecule has 2 heteroatoms. The number of nitrogens with one attached hydrogen (secondary N) is 1. The maximum absolute atomic E-state index is 9.31. The maximum Gasteiger partial charge on any atom is 0.0636 e. The average molecular weight is 233 g/mol. The summed E-state index contributed by atoms with van der Waals surface area (Å²) in [5.74, 6) is 0.634. The summed E-state index contributed by atoms with van der Waals surface area (Å²) < 4.78 is 0. The topological polar surface area (TPSA) is 32.3 Å². The molecular weight excluding hydrogens is 210 g/mol. The lowest BCUT2D eigenvalue weighted by atomic mass is 9.56. The van der Waals surface area contributed by atoms with Crippen LogP contribution in [0.25, 0.3) is 0 Å². The van der Waals surface area contributed by atoms with E-state index in [0.29, 0.717) is 18.5 Å². The highest BCUT2D eigenvalue weighted by Gasteiger charge is 2.48. The second kappa shape index (κ2) is 4.79. The van der Waals surface area contributed by atoms with Crippen LogP contribution >= 0.6 is 0 Å². The molecule has 1 aliphatic rings. The molecule has 1 fully saturated rings. The fourth-order valence-electron chi connectivity index (χ4n) is 2.84. The molecule has 0 saturated heterocycles. The minimum atomic E-state index is -0.262. The SMILES string of the molecule is C[C@@H](O)CN[C@@H]1C[C@H](c2ccccc2)C1(C)C. The predicted octanol–water partition coefficient (Wildman–Crippen LogP) is 2.54. The zero-order chi connectivity index (χ0) is 12.5. The van der Waals surface area contributed by atoms with Gasteiger partial charge in [-0.15, -0.1) is 0 Å². The van der Waals surface area contributed by atoms with Crippen LogP contribution < -0.4 is 5.32 Å². The van der Waals surface area contributed by atoms with Crippen LogP contribution in [0.3, 0.4) is 0 Å². The average Bonchev–Trinajstić information content (AvgIpc) is 2.28. The van der Waals surface area contributed by atoms with Crippen molar-refractivity contribution in [1.82, 2.24) is 5.32 Å². The first-order valence-electron chi connectivity index (χ1n) is 6.48. The summed E-state index contributed by atoms with van der Waals surface area (Å²) in [5.41, 5.74) is 1.71. The van der Waals surface area contributed by atoms with E-state index >= 15 is 0 Å². The van der Waals surface area contributed by atoms with E-state index in [-0.39, 0.29) is 11.5 Å². The van der Waals surface area contributed by atoms with Gasteiger partial charge in [0, 0.05) is 12.6 Å². The highest BCUT2D eigenvalue weighted by Crippen LogP contribution is 2.52. The van der Waals surface area contributed by atoms with Gasteiger partial charge < -0.3 is 10.4 Å². The molecule has 2 nitrogen and oxygen atoms in total. The molecule has 0 spiro atoms. The lowest BCUT2D eigenvalue weighted by Crippen LogP contribution is -2.56. The molecular formula is C15H23NO. The highest BCUT2D eigenvalue weighted by molar-refractivity contribution is 5.27. The Morgan fingerprint density at radius 1 is 1.35 bits per heavy atom. The van der Waals surface area contributed by atoms with Crippen molar-refractivity contribution in [3.63, 3.8) is 0 Å². The van der Waals surface area contributed by atoms with Crippen molar-refractivity contribution in [2.45, 2.75) is 45.3 Å². The van der Waals surface area contributed by atoms with E-state index in [1.807, 2.05) is 6.92 Å². The number of aliphatic hydroxyl groups excluding tert-OH is 1. The molecule has 3 atom stereocenters. The van der Waals surface area contributed by atoms with Gasteiger partial charge in [-0.05, 0) is 30.2 Å². The van der Waals surface area contributed by atoms with Gasteiger partial charge in [0.05, 0.1) is 6.10 Å². The van der Waals surface area contributed by atoms with Crippen LogP contribution in [0.15, 0.2) is 30.3 Å². The van der Waals surface area contributed by atoms with E-state index in [2.05, 4.69) is 49.5 Å². The quantitative estimate of drug-likeness (QED) is 0.837. The Kier molecular flexibility index (Phi) is 3.55. The van der Waals surface area contributed by atoms with Crippen LogP contribution in [0.1, 0.15) is 38.7 Å². The van der Waals surface area contributed by atoms with Crippen LogP contribution in [-0.4, -0.2) is 23.8 Å². The summed E-state index contributed by atoms with van der Waals surface area (Å²) in [6.07, 6.45) is 0.908. The number of rotatable bonds is 4. The molecule has 1 aromatic rings. The summed E-state index contributed by atoms with van der Waals surface area (Å²) in [4.78, 5) is 0. The third-order valence-electron chi connectivity index (χ3n) is 4.13. The molecule has 1 aromatic carbocycles. The van der Waals surface area contributed by atoms with Crippen LogP contribution in [0.4, 0.5) is 0 Å². The van der Waals surface area contributed by atoms with Crippen LogP contribution in [0, 0.1) is 5.41 Å². The largest absolute Gasteiger partial charge is 0.392 e. The Hall–Kier alpha value is -0.860. The van der Waals surface area contributed by atoms with Gasteiger partial charge in [-0.3, -0.25) is 0 Å². The molecule has 0 amide bonds. The third-order valence-corrected chi connectivity index (χ3v) is 4.13. The molecule has 1 saturated carbocycles. The monoisotopic (exact) mass is 233 g/mol. The molecule has 2 N–H and O–H groups in total. The number of hydrogen-bond acceptors (Lipinski definition) is 2. The fraction of sp³-hybridized carbons (Fsp3) is 0.600. The standard InChI is InChI=1S/C15H23NO/c1-11(17)10-16-14-9-13(15(14,2)3)12-7-5-4-6-8-12/h4-8,11,13-14,16-17H,9-10H2,1-3H3/t11-,13-,14-/m1/s1. The first kappa shape index (κ1) is 12.6. The molecule has 17 heavy (non-hydrogen) atoms. The Bertz CT molecular complexity index is 358. The third kappa shape index (κ3) is 2.53. The number of hydrogen-bond donors (Lipinski definition) is 2. The van der Waals surface area contributed by atoms with Crippen molar-refractivity contribution in [3.05, 3.63) is 35.9 Å². The van der Waals surface area contributed by atoms with Crippen molar-refractivity contribution in [2.24, 2.45) is 5.41 Å². The molecule has 0 aromatic heterocycles. The molecule has 2 rings (SSSR count). The van der Waals surface area contributed by atoms with Gasteiger partial charge >= 0.3 is 0 Å². The minimum absolute atomic E-state index is 0.262. The minimum Gasteiger partial charge on any atom is -0.392 e. The Morgan fingerprint density at radius 3 is 2.53 bits per heavy atom. The van der Waals surface area contributed by atoms with Crippen molar-refractivity contribution in [3.8, 4) is 0 Å². The highest BCUT2D eigenvalue weighted by atomic mass is 16.3. The summed E-state index contributed by atoms with van der Waals surface area (Å²) in [6.45, 7) is 7.14. The van der Waals surface area contributed by atoms with Crippen molar-refractivity contribution < 1.29 is 5.11 Å². The van der Waals surface area contributed by atoms with Gasteiger partial charge in [0.2, 0.25) is 0 Å². The van der Waals surface area contributed by atoms with Gasteiger partial charge in [0.15, 0.2) is 0 Å².